The van der Waals surface area contributed by atoms with Crippen molar-refractivity contribution in [3.05, 3.63) is 83.4 Å². The fraction of sp³-hybridized carbons (Fsp3) is 0.238. The van der Waals surface area contributed by atoms with E-state index in [1.807, 2.05) is 12.1 Å². The predicted molar refractivity (Wildman–Crippen MR) is 96.4 cm³/mol. The van der Waals surface area contributed by atoms with Crippen LogP contribution < -0.4 is 4.74 Å². The van der Waals surface area contributed by atoms with Crippen LogP contribution in [-0.2, 0) is 6.54 Å². The summed E-state index contributed by atoms with van der Waals surface area (Å²) < 4.78 is 5.26. The highest BCUT2D eigenvalue weighted by Gasteiger charge is 2.10. The van der Waals surface area contributed by atoms with Crippen LogP contribution in [0.1, 0.15) is 17.5 Å². The van der Waals surface area contributed by atoms with Gasteiger partial charge in [0.1, 0.15) is 5.75 Å². The first-order valence-corrected chi connectivity index (χ1v) is 8.11. The monoisotopic (exact) mass is 305 g/mol. The Morgan fingerprint density at radius 1 is 1.04 bits per heavy atom. The van der Waals surface area contributed by atoms with E-state index in [2.05, 4.69) is 65.6 Å². The van der Waals surface area contributed by atoms with E-state index < -0.39 is 0 Å². The molecule has 0 unspecified atom stereocenters. The molecule has 0 saturated heterocycles. The number of nitrogens with zero attached hydrogens (tertiary/aromatic N) is 1. The highest BCUT2D eigenvalue weighted by atomic mass is 16.5. The third-order valence-electron chi connectivity index (χ3n) is 4.16. The summed E-state index contributed by atoms with van der Waals surface area (Å²) in [5.74, 6) is 0.902. The minimum atomic E-state index is 0.902. The molecule has 23 heavy (non-hydrogen) atoms. The lowest BCUT2D eigenvalue weighted by atomic mass is 10.1. The van der Waals surface area contributed by atoms with Gasteiger partial charge in [-0.25, -0.2) is 0 Å². The van der Waals surface area contributed by atoms with Gasteiger partial charge in [-0.2, -0.15) is 0 Å². The maximum Gasteiger partial charge on any atom is 0.119 e. The van der Waals surface area contributed by atoms with E-state index in [9.17, 15) is 0 Å². The molecule has 0 aliphatic carbocycles. The number of allylic oxidation sites excluding steroid dienone is 1. The van der Waals surface area contributed by atoms with Crippen molar-refractivity contribution in [1.82, 2.24) is 4.90 Å². The fourth-order valence-electron chi connectivity index (χ4n) is 2.81. The Hall–Kier alpha value is -2.32. The van der Waals surface area contributed by atoms with Crippen LogP contribution in [0.25, 0.3) is 6.08 Å². The van der Waals surface area contributed by atoms with E-state index in [4.69, 9.17) is 4.74 Å². The zero-order chi connectivity index (χ0) is 15.9. The molecule has 0 fully saturated rings. The van der Waals surface area contributed by atoms with Gasteiger partial charge < -0.3 is 4.74 Å². The van der Waals surface area contributed by atoms with Crippen LogP contribution in [0.5, 0.6) is 5.75 Å². The van der Waals surface area contributed by atoms with Crippen molar-refractivity contribution in [3.8, 4) is 5.75 Å². The Kier molecular flexibility index (Phi) is 5.28. The largest absolute Gasteiger partial charge is 0.497 e. The molecule has 0 radical (unpaired) electrons. The molecular weight excluding hydrogens is 282 g/mol. The number of rotatable bonds is 5. The Morgan fingerprint density at radius 3 is 2.65 bits per heavy atom. The van der Waals surface area contributed by atoms with Crippen LogP contribution in [0, 0.1) is 0 Å². The van der Waals surface area contributed by atoms with Crippen LogP contribution in [0.15, 0.2) is 72.3 Å². The summed E-state index contributed by atoms with van der Waals surface area (Å²) in [6, 6.07) is 18.8. The van der Waals surface area contributed by atoms with E-state index in [0.29, 0.717) is 0 Å². The van der Waals surface area contributed by atoms with Crippen molar-refractivity contribution in [2.24, 2.45) is 0 Å². The van der Waals surface area contributed by atoms with Crippen LogP contribution in [0.2, 0.25) is 0 Å². The third-order valence-corrected chi connectivity index (χ3v) is 4.16. The molecule has 2 heteroatoms. The van der Waals surface area contributed by atoms with Gasteiger partial charge in [0.15, 0.2) is 0 Å². The summed E-state index contributed by atoms with van der Waals surface area (Å²) in [7, 11) is 1.70. The molecule has 2 aromatic carbocycles. The minimum Gasteiger partial charge on any atom is -0.497 e. The Balaban J connectivity index is 1.57. The average molecular weight is 305 g/mol. The third kappa shape index (κ3) is 4.57. The zero-order valence-electron chi connectivity index (χ0n) is 13.6. The van der Waals surface area contributed by atoms with Crippen molar-refractivity contribution in [2.75, 3.05) is 20.2 Å². The van der Waals surface area contributed by atoms with E-state index >= 15 is 0 Å². The van der Waals surface area contributed by atoms with Gasteiger partial charge >= 0.3 is 0 Å². The first-order valence-electron chi connectivity index (χ1n) is 8.11. The second kappa shape index (κ2) is 7.80. The lowest BCUT2D eigenvalue weighted by Crippen LogP contribution is -2.27. The SMILES string of the molecule is COc1cccc(C=CC2=CCN(Cc3ccccc3)CC2)c1. The van der Waals surface area contributed by atoms with Gasteiger partial charge in [0, 0.05) is 19.6 Å². The van der Waals surface area contributed by atoms with Crippen molar-refractivity contribution >= 4 is 6.08 Å². The molecule has 1 heterocycles. The van der Waals surface area contributed by atoms with Crippen LogP contribution in [-0.4, -0.2) is 25.1 Å². The summed E-state index contributed by atoms with van der Waals surface area (Å²) in [5, 5.41) is 0. The van der Waals surface area contributed by atoms with Crippen LogP contribution in [0.3, 0.4) is 0 Å². The highest BCUT2D eigenvalue weighted by Crippen LogP contribution is 2.18. The minimum absolute atomic E-state index is 0.902. The van der Waals surface area contributed by atoms with Crippen LogP contribution in [0.4, 0.5) is 0 Å². The molecule has 0 spiro atoms. The molecule has 0 saturated carbocycles. The molecule has 1 aliphatic heterocycles. The van der Waals surface area contributed by atoms with Gasteiger partial charge in [-0.15, -0.1) is 0 Å². The molecule has 3 rings (SSSR count). The molecule has 2 nitrogen and oxygen atoms in total. The van der Waals surface area contributed by atoms with Crippen molar-refractivity contribution in [2.45, 2.75) is 13.0 Å². The number of hydrogen-bond donors (Lipinski definition) is 0. The first-order chi connectivity index (χ1) is 11.3. The van der Waals surface area contributed by atoms with Crippen molar-refractivity contribution in [1.29, 1.82) is 0 Å². The molecular formula is C21H23NO. The number of hydrogen-bond acceptors (Lipinski definition) is 2. The molecule has 0 aromatic heterocycles. The second-order valence-electron chi connectivity index (χ2n) is 5.86. The maximum atomic E-state index is 5.26. The van der Waals surface area contributed by atoms with Crippen molar-refractivity contribution < 1.29 is 4.74 Å². The standard InChI is InChI=1S/C21H23NO/c1-23-21-9-5-8-19(16-21)11-10-18-12-14-22(15-13-18)17-20-6-3-2-4-7-20/h2-12,16H,13-15,17H2,1H3. The molecule has 2 aromatic rings. The number of benzene rings is 2. The van der Waals surface area contributed by atoms with Gasteiger partial charge in [-0.05, 0) is 35.3 Å². The first kappa shape index (κ1) is 15.6. The Labute approximate surface area is 138 Å². The van der Waals surface area contributed by atoms with E-state index in [1.54, 1.807) is 7.11 Å². The quantitative estimate of drug-likeness (QED) is 0.804. The summed E-state index contributed by atoms with van der Waals surface area (Å²) in [6.45, 7) is 3.17. The van der Waals surface area contributed by atoms with Crippen LogP contribution >= 0.6 is 0 Å². The summed E-state index contributed by atoms with van der Waals surface area (Å²) in [5.41, 5.74) is 3.98. The summed E-state index contributed by atoms with van der Waals surface area (Å²) in [4.78, 5) is 2.48. The molecule has 0 atom stereocenters. The fourth-order valence-corrected chi connectivity index (χ4v) is 2.81. The normalized spacial score (nSPS) is 15.6. The second-order valence-corrected chi connectivity index (χ2v) is 5.86. The Morgan fingerprint density at radius 2 is 1.91 bits per heavy atom. The summed E-state index contributed by atoms with van der Waals surface area (Å²) in [6.07, 6.45) is 7.84. The lowest BCUT2D eigenvalue weighted by molar-refractivity contribution is 0.287. The molecule has 1 aliphatic rings. The maximum absolute atomic E-state index is 5.26. The van der Waals surface area contributed by atoms with Gasteiger partial charge in [0.05, 0.1) is 7.11 Å². The lowest BCUT2D eigenvalue weighted by Gasteiger charge is -2.25. The number of ether oxygens (including phenoxy) is 1. The summed E-state index contributed by atoms with van der Waals surface area (Å²) >= 11 is 0. The number of methoxy groups -OCH3 is 1. The van der Waals surface area contributed by atoms with Gasteiger partial charge in [-0.1, -0.05) is 60.7 Å². The van der Waals surface area contributed by atoms with E-state index in [1.165, 1.54) is 16.7 Å². The predicted octanol–water partition coefficient (Wildman–Crippen LogP) is 4.54. The molecule has 0 amide bonds. The van der Waals surface area contributed by atoms with Gasteiger partial charge in [0.2, 0.25) is 0 Å². The highest BCUT2D eigenvalue weighted by molar-refractivity contribution is 5.55. The zero-order valence-corrected chi connectivity index (χ0v) is 13.6. The van der Waals surface area contributed by atoms with E-state index in [0.717, 1.165) is 31.8 Å². The molecule has 0 N–H and O–H groups in total. The van der Waals surface area contributed by atoms with Gasteiger partial charge in [0.25, 0.3) is 0 Å². The van der Waals surface area contributed by atoms with E-state index in [-0.39, 0.29) is 0 Å². The average Bonchev–Trinajstić information content (AvgIpc) is 2.62. The smallest absolute Gasteiger partial charge is 0.119 e. The molecule has 118 valence electrons. The molecule has 0 bridgehead atoms. The topological polar surface area (TPSA) is 12.5 Å². The Bertz CT molecular complexity index is 688. The van der Waals surface area contributed by atoms with Crippen molar-refractivity contribution in [3.63, 3.8) is 0 Å². The van der Waals surface area contributed by atoms with Gasteiger partial charge in [-0.3, -0.25) is 4.90 Å².